The zero-order chi connectivity index (χ0) is 24.7. The van der Waals surface area contributed by atoms with Crippen LogP contribution < -0.4 is 0 Å². The molecule has 0 radical (unpaired) electrons. The van der Waals surface area contributed by atoms with Gasteiger partial charge in [0.05, 0.1) is 18.8 Å². The Morgan fingerprint density at radius 1 is 0.839 bits per heavy atom. The van der Waals surface area contributed by atoms with Gasteiger partial charge in [-0.1, -0.05) is 27.7 Å². The lowest BCUT2D eigenvalue weighted by molar-refractivity contribution is -0.153. The first-order valence-corrected chi connectivity index (χ1v) is 13.0. The van der Waals surface area contributed by atoms with Gasteiger partial charge in [0.15, 0.2) is 0 Å². The van der Waals surface area contributed by atoms with E-state index in [2.05, 4.69) is 0 Å². The first kappa shape index (κ1) is 27.4. The lowest BCUT2D eigenvalue weighted by Gasteiger charge is -2.48. The average molecular weight is 460 g/mol. The highest BCUT2D eigenvalue weighted by molar-refractivity contribution is 7.53. The number of hydrogen-bond donors (Lipinski definition) is 2. The first-order valence-electron chi connectivity index (χ1n) is 11.1. The van der Waals surface area contributed by atoms with Crippen LogP contribution >= 0.6 is 7.60 Å². The van der Waals surface area contributed by atoms with Crippen LogP contribution in [0.4, 0.5) is 0 Å². The minimum absolute atomic E-state index is 0.114. The van der Waals surface area contributed by atoms with Crippen molar-refractivity contribution in [3.8, 4) is 0 Å². The molecule has 0 aromatic carbocycles. The lowest BCUT2D eigenvalue weighted by Crippen LogP contribution is -2.58. The Kier molecular flexibility index (Phi) is 6.24. The van der Waals surface area contributed by atoms with Crippen molar-refractivity contribution in [1.82, 2.24) is 0 Å². The number of ether oxygens (including phenoxy) is 2. The second-order valence-corrected chi connectivity index (χ2v) is 14.3. The van der Waals surface area contributed by atoms with Gasteiger partial charge in [0, 0.05) is 28.5 Å². The van der Waals surface area contributed by atoms with Crippen LogP contribution in [-0.4, -0.2) is 79.2 Å². The highest BCUT2D eigenvalue weighted by atomic mass is 31.2. The number of aliphatic hydroxyl groups excluding tert-OH is 1. The lowest BCUT2D eigenvalue weighted by atomic mass is 9.57. The SMILES string of the molecule is B[C@]1(C)O[C@](C)(COP(C)(=O)OC2(C)C(C)(C)[C@@](B)(C)O[C@]2(C)CO)C(C)(O)C1(C)C. The Hall–Kier alpha value is 0.120. The fourth-order valence-corrected chi connectivity index (χ4v) is 6.84. The van der Waals surface area contributed by atoms with Gasteiger partial charge in [-0.25, -0.2) is 0 Å². The van der Waals surface area contributed by atoms with Gasteiger partial charge in [0.1, 0.15) is 32.5 Å². The Bertz CT molecular complexity index is 782. The van der Waals surface area contributed by atoms with E-state index in [1.54, 1.807) is 20.8 Å². The summed E-state index contributed by atoms with van der Waals surface area (Å²) >= 11 is 0. The zero-order valence-corrected chi connectivity index (χ0v) is 22.7. The second-order valence-electron chi connectivity index (χ2n) is 12.3. The van der Waals surface area contributed by atoms with Gasteiger partial charge in [-0.2, -0.15) is 0 Å². The summed E-state index contributed by atoms with van der Waals surface area (Å²) in [5.74, 6) is 0. The Balaban J connectivity index is 2.33. The van der Waals surface area contributed by atoms with Crippen molar-refractivity contribution >= 4 is 23.3 Å². The average Bonchev–Trinajstić information content (AvgIpc) is 2.73. The molecule has 3 unspecified atom stereocenters. The van der Waals surface area contributed by atoms with E-state index in [-0.39, 0.29) is 13.2 Å². The van der Waals surface area contributed by atoms with E-state index in [1.807, 2.05) is 64.2 Å². The molecule has 31 heavy (non-hydrogen) atoms. The number of rotatable bonds is 6. The predicted octanol–water partition coefficient (Wildman–Crippen LogP) is 1.67. The van der Waals surface area contributed by atoms with Crippen molar-refractivity contribution < 1.29 is 33.3 Å². The molecule has 0 aromatic heterocycles. The highest BCUT2D eigenvalue weighted by Gasteiger charge is 2.71. The third-order valence-corrected chi connectivity index (χ3v) is 10.9. The van der Waals surface area contributed by atoms with Crippen molar-refractivity contribution in [3.63, 3.8) is 0 Å². The van der Waals surface area contributed by atoms with E-state index < -0.39 is 51.8 Å². The fraction of sp³-hybridized carbons (Fsp3) is 1.00. The number of aliphatic hydroxyl groups is 2. The maximum Gasteiger partial charge on any atom is 0.328 e. The molecule has 2 N–H and O–H groups in total. The number of hydrogen-bond acceptors (Lipinski definition) is 7. The molecule has 2 saturated heterocycles. The molecule has 2 fully saturated rings. The Labute approximate surface area is 190 Å². The third kappa shape index (κ3) is 3.53. The normalized spacial score (nSPS) is 51.0. The van der Waals surface area contributed by atoms with E-state index in [9.17, 15) is 14.8 Å². The molecule has 0 saturated carbocycles. The summed E-state index contributed by atoms with van der Waals surface area (Å²) in [7, 11) is 0.216. The van der Waals surface area contributed by atoms with Crippen LogP contribution in [0.2, 0.25) is 0 Å². The van der Waals surface area contributed by atoms with Crippen LogP contribution in [0.25, 0.3) is 0 Å². The monoisotopic (exact) mass is 460 g/mol. The molecule has 2 aliphatic rings. The van der Waals surface area contributed by atoms with Crippen LogP contribution in [0.1, 0.15) is 69.2 Å². The summed E-state index contributed by atoms with van der Waals surface area (Å²) in [5.41, 5.74) is -6.99. The zero-order valence-electron chi connectivity index (χ0n) is 21.8. The molecular weight excluding hydrogens is 417 g/mol. The first-order chi connectivity index (χ1) is 13.4. The van der Waals surface area contributed by atoms with Crippen LogP contribution in [0, 0.1) is 10.8 Å². The summed E-state index contributed by atoms with van der Waals surface area (Å²) < 4.78 is 38.2. The molecule has 0 aromatic rings. The Morgan fingerprint density at radius 3 is 1.65 bits per heavy atom. The largest absolute Gasteiger partial charge is 0.393 e. The second kappa shape index (κ2) is 7.07. The van der Waals surface area contributed by atoms with Crippen molar-refractivity contribution in [2.24, 2.45) is 10.8 Å². The highest BCUT2D eigenvalue weighted by Crippen LogP contribution is 2.64. The van der Waals surface area contributed by atoms with Gasteiger partial charge in [-0.05, 0) is 41.5 Å². The molecule has 0 bridgehead atoms. The van der Waals surface area contributed by atoms with Crippen molar-refractivity contribution in [2.75, 3.05) is 19.9 Å². The van der Waals surface area contributed by atoms with Crippen LogP contribution in [0.3, 0.4) is 0 Å². The van der Waals surface area contributed by atoms with Crippen molar-refractivity contribution in [3.05, 3.63) is 0 Å². The molecule has 2 rings (SSSR count). The third-order valence-electron chi connectivity index (χ3n) is 9.64. The van der Waals surface area contributed by atoms with Gasteiger partial charge in [-0.3, -0.25) is 9.09 Å². The van der Waals surface area contributed by atoms with Gasteiger partial charge < -0.3 is 24.2 Å². The fourth-order valence-electron chi connectivity index (χ4n) is 5.22. The molecule has 0 aliphatic carbocycles. The molecular formula is C21H43B2O7P. The van der Waals surface area contributed by atoms with E-state index in [1.165, 1.54) is 6.66 Å². The quantitative estimate of drug-likeness (QED) is 0.460. The van der Waals surface area contributed by atoms with Gasteiger partial charge >= 0.3 is 7.60 Å². The molecule has 2 heterocycles. The minimum Gasteiger partial charge on any atom is -0.393 e. The summed E-state index contributed by atoms with van der Waals surface area (Å²) in [6.07, 6.45) is 0. The van der Waals surface area contributed by atoms with E-state index in [0.29, 0.717) is 0 Å². The van der Waals surface area contributed by atoms with Crippen LogP contribution in [0.5, 0.6) is 0 Å². The smallest absolute Gasteiger partial charge is 0.328 e. The summed E-state index contributed by atoms with van der Waals surface area (Å²) in [4.78, 5) is 0. The van der Waals surface area contributed by atoms with Crippen LogP contribution in [-0.2, 0) is 23.1 Å². The molecule has 0 amide bonds. The molecule has 2 aliphatic heterocycles. The summed E-state index contributed by atoms with van der Waals surface area (Å²) in [6.45, 7) is 19.8. The molecule has 10 heteroatoms. The molecule has 180 valence electrons. The molecule has 0 spiro atoms. The molecule has 7 nitrogen and oxygen atoms in total. The van der Waals surface area contributed by atoms with Crippen molar-refractivity contribution in [2.45, 2.75) is 103 Å². The van der Waals surface area contributed by atoms with Gasteiger partial charge in [0.2, 0.25) is 0 Å². The summed E-state index contributed by atoms with van der Waals surface area (Å²) in [6, 6.07) is 0. The topological polar surface area (TPSA) is 94.5 Å². The summed E-state index contributed by atoms with van der Waals surface area (Å²) in [5, 5.41) is 21.6. The Morgan fingerprint density at radius 2 is 1.26 bits per heavy atom. The van der Waals surface area contributed by atoms with Gasteiger partial charge in [-0.15, -0.1) is 0 Å². The maximum absolute atomic E-state index is 13.6. The predicted molar refractivity (Wildman–Crippen MR) is 127 cm³/mol. The van der Waals surface area contributed by atoms with E-state index in [0.717, 1.165) is 0 Å². The standard InChI is InChI=1S/C21H43B2O7P/c1-14(2)18(7,25)17(6,29-20(14,9)22)13-27-31(11,26)30-19(8)15(3,4)21(10,23)28-16(19,5)12-24/h24-25H,12-13,22-23H2,1-11H3/t16-,17-,18?,19?,20-,21-,31?/m1/s1. The van der Waals surface area contributed by atoms with E-state index in [4.69, 9.17) is 18.5 Å². The van der Waals surface area contributed by atoms with Crippen molar-refractivity contribution in [1.29, 1.82) is 0 Å². The van der Waals surface area contributed by atoms with Crippen LogP contribution in [0.15, 0.2) is 0 Å². The van der Waals surface area contributed by atoms with E-state index >= 15 is 0 Å². The maximum atomic E-state index is 13.6. The minimum atomic E-state index is -3.65. The van der Waals surface area contributed by atoms with Gasteiger partial charge in [0.25, 0.3) is 0 Å². The molecule has 7 atom stereocenters.